The van der Waals surface area contributed by atoms with Crippen molar-refractivity contribution in [3.63, 3.8) is 0 Å². The number of rotatable bonds is 16. The van der Waals surface area contributed by atoms with Crippen LogP contribution in [0.5, 0.6) is 28.7 Å². The number of hydrogen-bond donors (Lipinski definition) is 2. The van der Waals surface area contributed by atoms with Crippen LogP contribution in [0.2, 0.25) is 0 Å². The van der Waals surface area contributed by atoms with E-state index in [1.165, 1.54) is 18.6 Å². The minimum absolute atomic E-state index is 0.0468. The van der Waals surface area contributed by atoms with Crippen molar-refractivity contribution >= 4 is 72.1 Å². The van der Waals surface area contributed by atoms with Crippen molar-refractivity contribution in [2.45, 2.75) is 43.9 Å². The van der Waals surface area contributed by atoms with E-state index in [4.69, 9.17) is 38.2 Å². The Morgan fingerprint density at radius 2 is 1.64 bits per heavy atom. The topological polar surface area (TPSA) is 173 Å². The third-order valence-electron chi connectivity index (χ3n) is 6.24. The number of Topliss-reactive ketones (excluding diaryl/α,β-unsaturated/α-hetero) is 1. The van der Waals surface area contributed by atoms with Crippen molar-refractivity contribution in [2.75, 3.05) is 60.1 Å². The van der Waals surface area contributed by atoms with Gasteiger partial charge in [-0.25, -0.2) is 0 Å². The predicted octanol–water partition coefficient (Wildman–Crippen LogP) is 2.73. The van der Waals surface area contributed by atoms with Crippen LogP contribution in [-0.2, 0) is 28.5 Å². The number of hydrogen-bond acceptors (Lipinski definition) is 11. The fourth-order valence-electron chi connectivity index (χ4n) is 4.30. The smallest absolute Gasteiger partial charge is 0.203 e. The standard InChI is InChI=1S/C15H22O9PS.C13H18O4.K/c1-3-8-23-15-13(22-9-5-10-24-25(17,18)19)6-4-7-14(15)26(20,21)11-12(2)16;1-14-11-6-10(9-4-5-17-8-9)7-12(15-2)13(11)16-3;/h6-7H,3,5,8-11H2,1-2H3,(H2,17,18,19);6-7,9H,4-5,8H2,1-3H3;/t;9-;/m.1./s1. The van der Waals surface area contributed by atoms with E-state index in [1.807, 2.05) is 19.1 Å². The molecule has 1 aliphatic rings. The molecule has 1 aliphatic heterocycles. The van der Waals surface area contributed by atoms with Gasteiger partial charge in [-0.05, 0) is 24.1 Å². The van der Waals surface area contributed by atoms with Crippen LogP contribution in [-0.4, -0.2) is 133 Å². The Morgan fingerprint density at radius 3 is 2.14 bits per heavy atom. The van der Waals surface area contributed by atoms with Gasteiger partial charge in [0.25, 0.3) is 0 Å². The largest absolute Gasteiger partial charge is 0.493 e. The van der Waals surface area contributed by atoms with Crippen LogP contribution in [0.1, 0.15) is 44.6 Å². The number of ketones is 1. The fraction of sp³-hybridized carbons (Fsp3) is 0.536. The van der Waals surface area contributed by atoms with Gasteiger partial charge in [0.2, 0.25) is 5.75 Å². The van der Waals surface area contributed by atoms with Crippen LogP contribution in [0.15, 0.2) is 29.2 Å². The molecule has 0 spiro atoms. The molecule has 2 aromatic carbocycles. The Bertz CT molecular complexity index is 1360. The van der Waals surface area contributed by atoms with Crippen molar-refractivity contribution in [3.8, 4) is 28.7 Å². The van der Waals surface area contributed by atoms with Crippen molar-refractivity contribution < 1.29 is 60.5 Å². The van der Waals surface area contributed by atoms with Crippen LogP contribution in [0.4, 0.5) is 0 Å². The van der Waals surface area contributed by atoms with E-state index in [1.54, 1.807) is 27.4 Å². The maximum atomic E-state index is 12.6. The number of ether oxygens (including phenoxy) is 6. The summed E-state index contributed by atoms with van der Waals surface area (Å²) in [6.45, 7) is 4.76. The van der Waals surface area contributed by atoms with Crippen LogP contribution < -0.4 is 23.3 Å². The maximum Gasteiger partial charge on any atom is 0.203 e. The Morgan fingerprint density at radius 1 is 0.977 bits per heavy atom. The molecule has 1 fully saturated rings. The molecule has 1 atom stereocenters. The molecule has 1 heterocycles. The summed E-state index contributed by atoms with van der Waals surface area (Å²) < 4.78 is 73.5. The molecule has 3 rings (SSSR count). The number of carbonyl (C=O) groups excluding carboxylic acids is 1. The number of benzene rings is 2. The van der Waals surface area contributed by atoms with E-state index in [2.05, 4.69) is 4.52 Å². The molecule has 0 aromatic heterocycles. The molecular formula is C28H40KO13PS. The van der Waals surface area contributed by atoms with Crippen LogP contribution in [0.3, 0.4) is 0 Å². The molecule has 0 saturated carbocycles. The summed E-state index contributed by atoms with van der Waals surface area (Å²) in [7, 11) is -3.54. The zero-order valence-electron chi connectivity index (χ0n) is 26.0. The van der Waals surface area contributed by atoms with Gasteiger partial charge < -0.3 is 18.9 Å². The average Bonchev–Trinajstić information content (AvgIpc) is 3.49. The molecule has 0 bridgehead atoms. The molecule has 13 nitrogen and oxygen atoms in total. The maximum absolute atomic E-state index is 12.6. The number of phosphoric acid groups is 1. The summed E-state index contributed by atoms with van der Waals surface area (Å²) in [6.07, 6.45) is 1.87. The second-order valence-electron chi connectivity index (χ2n) is 9.94. The van der Waals surface area contributed by atoms with E-state index in [-0.39, 0.29) is 91.6 Å². The number of phosphoric ester groups is 1. The summed E-state index contributed by atoms with van der Waals surface area (Å²) in [5.41, 5.74) is 1.18. The molecule has 0 aliphatic carbocycles. The van der Waals surface area contributed by atoms with Gasteiger partial charge in [0.1, 0.15) is 0 Å². The molecule has 0 unspecified atom stereocenters. The molecule has 2 N–H and O–H groups in total. The van der Waals surface area contributed by atoms with Gasteiger partial charge in [-0.2, -0.15) is 0 Å². The molecule has 44 heavy (non-hydrogen) atoms. The first-order chi connectivity index (χ1) is 20.8. The SMILES string of the molecule is CCCOc1c(OCCCOP(=O)(O)O)c[c]([K])cc1S(=O)(=O)CC(C)=O.COc1cc([C@@H]2CCOC2)cc(OC)c1OC. The first kappa shape index (κ1) is 38.9. The number of sulfone groups is 1. The summed E-state index contributed by atoms with van der Waals surface area (Å²) in [5.74, 6) is 1.65. The normalized spacial score (nSPS) is 14.8. The quantitative estimate of drug-likeness (QED) is 0.150. The average molecular weight is 687 g/mol. The summed E-state index contributed by atoms with van der Waals surface area (Å²) in [4.78, 5) is 28.6. The van der Waals surface area contributed by atoms with Crippen molar-refractivity contribution in [1.29, 1.82) is 0 Å². The Hall–Kier alpha value is -1.23. The predicted molar refractivity (Wildman–Crippen MR) is 163 cm³/mol. The first-order valence-corrected chi connectivity index (χ1v) is 18.7. The van der Waals surface area contributed by atoms with E-state index in [9.17, 15) is 17.8 Å². The second-order valence-corrected chi connectivity index (χ2v) is 14.9. The minimum atomic E-state index is -4.54. The van der Waals surface area contributed by atoms with Gasteiger partial charge in [0, 0.05) is 12.5 Å². The minimum Gasteiger partial charge on any atom is -0.493 e. The zero-order valence-corrected chi connectivity index (χ0v) is 30.8. The molecule has 0 radical (unpaired) electrons. The molecule has 1 saturated heterocycles. The van der Waals surface area contributed by atoms with Crippen LogP contribution in [0.25, 0.3) is 0 Å². The van der Waals surface area contributed by atoms with Crippen molar-refractivity contribution in [2.24, 2.45) is 0 Å². The molecule has 16 heteroatoms. The van der Waals surface area contributed by atoms with Gasteiger partial charge in [0.05, 0.1) is 27.9 Å². The molecule has 0 amide bonds. The van der Waals surface area contributed by atoms with Crippen LogP contribution >= 0.6 is 7.82 Å². The van der Waals surface area contributed by atoms with Gasteiger partial charge in [0.15, 0.2) is 11.5 Å². The van der Waals surface area contributed by atoms with E-state index < -0.39 is 29.2 Å². The van der Waals surface area contributed by atoms with Gasteiger partial charge in [-0.1, -0.05) is 0 Å². The summed E-state index contributed by atoms with van der Waals surface area (Å²) in [6, 6.07) is 7.19. The Labute approximate surface area is 292 Å². The number of carbonyl (C=O) groups is 1. The first-order valence-electron chi connectivity index (χ1n) is 14.0. The molecule has 2 aromatic rings. The molecular weight excluding hydrogens is 646 g/mol. The van der Waals surface area contributed by atoms with Crippen molar-refractivity contribution in [3.05, 3.63) is 29.8 Å². The van der Waals surface area contributed by atoms with Gasteiger partial charge in [-0.15, -0.1) is 0 Å². The monoisotopic (exact) mass is 686 g/mol. The fourth-order valence-corrected chi connectivity index (χ4v) is 7.35. The van der Waals surface area contributed by atoms with Crippen LogP contribution in [0, 0.1) is 0 Å². The van der Waals surface area contributed by atoms with Crippen molar-refractivity contribution in [1.82, 2.24) is 0 Å². The van der Waals surface area contributed by atoms with Gasteiger partial charge in [-0.3, -0.25) is 0 Å². The number of methoxy groups -OCH3 is 3. The van der Waals surface area contributed by atoms with E-state index in [0.717, 1.165) is 19.3 Å². The van der Waals surface area contributed by atoms with E-state index >= 15 is 0 Å². The third kappa shape index (κ3) is 12.5. The summed E-state index contributed by atoms with van der Waals surface area (Å²) >= 11 is 0.151. The Balaban J connectivity index is 0.000000338. The zero-order chi connectivity index (χ0) is 32.9. The Kier molecular flexibility index (Phi) is 16.6. The second kappa shape index (κ2) is 18.8. The molecule has 242 valence electrons. The van der Waals surface area contributed by atoms with E-state index in [0.29, 0.717) is 29.6 Å². The van der Waals surface area contributed by atoms with Gasteiger partial charge >= 0.3 is 194 Å². The summed E-state index contributed by atoms with van der Waals surface area (Å²) in [5, 5.41) is 0. The third-order valence-corrected chi connectivity index (χ3v) is 9.42.